The Hall–Kier alpha value is -1.78. The number of non-ortho nitro benzene ring substituents is 1. The van der Waals surface area contributed by atoms with Gasteiger partial charge >= 0.3 is 0 Å². The van der Waals surface area contributed by atoms with E-state index < -0.39 is 0 Å². The third kappa shape index (κ3) is 2.55. The SMILES string of the molecule is CNc1cc(N(C)C2CCCC2)cc([N+](=O)[O-])c1. The average Bonchev–Trinajstić information content (AvgIpc) is 2.91. The summed E-state index contributed by atoms with van der Waals surface area (Å²) in [6, 6.07) is 5.69. The molecule has 0 saturated heterocycles. The van der Waals surface area contributed by atoms with Crippen molar-refractivity contribution in [2.75, 3.05) is 24.3 Å². The molecule has 2 rings (SSSR count). The summed E-state index contributed by atoms with van der Waals surface area (Å²) in [5.41, 5.74) is 1.84. The van der Waals surface area contributed by atoms with Crippen LogP contribution < -0.4 is 10.2 Å². The van der Waals surface area contributed by atoms with E-state index in [1.165, 1.54) is 25.7 Å². The predicted octanol–water partition coefficient (Wildman–Crippen LogP) is 3.02. The second kappa shape index (κ2) is 5.25. The standard InChI is InChI=1S/C13H19N3O2/c1-14-10-7-12(9-13(8-10)16(17)18)15(2)11-5-3-4-6-11/h7-9,11,14H,3-6H2,1-2H3. The van der Waals surface area contributed by atoms with Crippen molar-refractivity contribution < 1.29 is 4.92 Å². The van der Waals surface area contributed by atoms with Gasteiger partial charge in [0, 0.05) is 43.6 Å². The fraction of sp³-hybridized carbons (Fsp3) is 0.538. The summed E-state index contributed by atoms with van der Waals surface area (Å²) in [6.45, 7) is 0. The van der Waals surface area contributed by atoms with Crippen molar-refractivity contribution in [3.63, 3.8) is 0 Å². The van der Waals surface area contributed by atoms with Crippen LogP contribution in [0.3, 0.4) is 0 Å². The lowest BCUT2D eigenvalue weighted by molar-refractivity contribution is -0.384. The van der Waals surface area contributed by atoms with Gasteiger partial charge in [0.25, 0.3) is 5.69 Å². The molecule has 1 N–H and O–H groups in total. The maximum Gasteiger partial charge on any atom is 0.273 e. The van der Waals surface area contributed by atoms with E-state index in [-0.39, 0.29) is 10.6 Å². The van der Waals surface area contributed by atoms with Crippen LogP contribution in [-0.2, 0) is 0 Å². The summed E-state index contributed by atoms with van der Waals surface area (Å²) in [7, 11) is 3.80. The Morgan fingerprint density at radius 1 is 1.33 bits per heavy atom. The second-order valence-corrected chi connectivity index (χ2v) is 4.79. The van der Waals surface area contributed by atoms with Gasteiger partial charge in [-0.25, -0.2) is 0 Å². The van der Waals surface area contributed by atoms with Crippen LogP contribution in [0.1, 0.15) is 25.7 Å². The number of benzene rings is 1. The van der Waals surface area contributed by atoms with E-state index in [9.17, 15) is 10.1 Å². The molecule has 1 aliphatic rings. The van der Waals surface area contributed by atoms with E-state index in [1.807, 2.05) is 13.1 Å². The number of rotatable bonds is 4. The fourth-order valence-corrected chi connectivity index (χ4v) is 2.55. The summed E-state index contributed by atoms with van der Waals surface area (Å²) in [6.07, 6.45) is 4.85. The van der Waals surface area contributed by atoms with Crippen LogP contribution in [0.2, 0.25) is 0 Å². The smallest absolute Gasteiger partial charge is 0.273 e. The number of anilines is 2. The van der Waals surface area contributed by atoms with Crippen LogP contribution in [0, 0.1) is 10.1 Å². The maximum absolute atomic E-state index is 10.9. The zero-order valence-corrected chi connectivity index (χ0v) is 10.8. The molecule has 0 heterocycles. The lowest BCUT2D eigenvalue weighted by Crippen LogP contribution is -2.28. The van der Waals surface area contributed by atoms with Gasteiger partial charge in [0.1, 0.15) is 0 Å². The Morgan fingerprint density at radius 2 is 2.00 bits per heavy atom. The van der Waals surface area contributed by atoms with Gasteiger partial charge in [0.2, 0.25) is 0 Å². The molecule has 0 amide bonds. The van der Waals surface area contributed by atoms with E-state index in [0.29, 0.717) is 6.04 Å². The predicted molar refractivity (Wildman–Crippen MR) is 73.3 cm³/mol. The molecular formula is C13H19N3O2. The van der Waals surface area contributed by atoms with Crippen molar-refractivity contribution in [3.8, 4) is 0 Å². The number of nitro benzene ring substituents is 1. The molecular weight excluding hydrogens is 230 g/mol. The van der Waals surface area contributed by atoms with Gasteiger partial charge in [-0.05, 0) is 18.9 Å². The van der Waals surface area contributed by atoms with E-state index in [1.54, 1.807) is 19.2 Å². The molecule has 1 aromatic carbocycles. The molecule has 0 bridgehead atoms. The lowest BCUT2D eigenvalue weighted by atomic mass is 10.1. The lowest BCUT2D eigenvalue weighted by Gasteiger charge is -2.26. The monoisotopic (exact) mass is 249 g/mol. The highest BCUT2D eigenvalue weighted by atomic mass is 16.6. The van der Waals surface area contributed by atoms with E-state index in [2.05, 4.69) is 10.2 Å². The molecule has 0 aromatic heterocycles. The Kier molecular flexibility index (Phi) is 3.69. The van der Waals surface area contributed by atoms with Crippen LogP contribution in [0.4, 0.5) is 17.1 Å². The number of nitrogens with zero attached hydrogens (tertiary/aromatic N) is 2. The van der Waals surface area contributed by atoms with Crippen LogP contribution in [-0.4, -0.2) is 25.1 Å². The summed E-state index contributed by atoms with van der Waals surface area (Å²) >= 11 is 0. The van der Waals surface area contributed by atoms with Gasteiger partial charge in [0.05, 0.1) is 4.92 Å². The molecule has 0 unspecified atom stereocenters. The van der Waals surface area contributed by atoms with Crippen molar-refractivity contribution in [2.45, 2.75) is 31.7 Å². The van der Waals surface area contributed by atoms with Crippen LogP contribution >= 0.6 is 0 Å². The maximum atomic E-state index is 10.9. The average molecular weight is 249 g/mol. The number of hydrogen-bond acceptors (Lipinski definition) is 4. The van der Waals surface area contributed by atoms with Crippen molar-refractivity contribution >= 4 is 17.1 Å². The highest BCUT2D eigenvalue weighted by Gasteiger charge is 2.21. The van der Waals surface area contributed by atoms with Crippen LogP contribution in [0.5, 0.6) is 0 Å². The Morgan fingerprint density at radius 3 is 2.56 bits per heavy atom. The number of hydrogen-bond donors (Lipinski definition) is 1. The molecule has 1 aliphatic carbocycles. The van der Waals surface area contributed by atoms with Crippen molar-refractivity contribution in [3.05, 3.63) is 28.3 Å². The first-order valence-electron chi connectivity index (χ1n) is 6.32. The first-order chi connectivity index (χ1) is 8.61. The molecule has 1 fully saturated rings. The molecule has 1 saturated carbocycles. The molecule has 0 spiro atoms. The van der Waals surface area contributed by atoms with Crippen LogP contribution in [0.15, 0.2) is 18.2 Å². The Labute approximate surface area is 107 Å². The summed E-state index contributed by atoms with van der Waals surface area (Å²) in [4.78, 5) is 12.8. The van der Waals surface area contributed by atoms with E-state index >= 15 is 0 Å². The summed E-state index contributed by atoms with van der Waals surface area (Å²) in [5, 5.41) is 13.9. The minimum absolute atomic E-state index is 0.140. The third-order valence-electron chi connectivity index (χ3n) is 3.68. The zero-order chi connectivity index (χ0) is 13.1. The van der Waals surface area contributed by atoms with Crippen molar-refractivity contribution in [2.24, 2.45) is 0 Å². The largest absolute Gasteiger partial charge is 0.388 e. The molecule has 98 valence electrons. The molecule has 5 nitrogen and oxygen atoms in total. The molecule has 1 aromatic rings. The van der Waals surface area contributed by atoms with Gasteiger partial charge < -0.3 is 10.2 Å². The summed E-state index contributed by atoms with van der Waals surface area (Å²) in [5.74, 6) is 0. The minimum atomic E-state index is -0.340. The Balaban J connectivity index is 2.30. The van der Waals surface area contributed by atoms with Gasteiger partial charge in [-0.15, -0.1) is 0 Å². The topological polar surface area (TPSA) is 58.4 Å². The molecule has 0 aliphatic heterocycles. The van der Waals surface area contributed by atoms with Gasteiger partial charge in [0.15, 0.2) is 0 Å². The summed E-state index contributed by atoms with van der Waals surface area (Å²) < 4.78 is 0. The quantitative estimate of drug-likeness (QED) is 0.658. The first-order valence-corrected chi connectivity index (χ1v) is 6.32. The zero-order valence-electron chi connectivity index (χ0n) is 10.8. The van der Waals surface area contributed by atoms with Crippen molar-refractivity contribution in [1.82, 2.24) is 0 Å². The first kappa shape index (κ1) is 12.7. The molecule has 0 atom stereocenters. The van der Waals surface area contributed by atoms with Crippen LogP contribution in [0.25, 0.3) is 0 Å². The normalized spacial score (nSPS) is 15.7. The van der Waals surface area contributed by atoms with Gasteiger partial charge in [-0.2, -0.15) is 0 Å². The van der Waals surface area contributed by atoms with Gasteiger partial charge in [-0.1, -0.05) is 12.8 Å². The van der Waals surface area contributed by atoms with E-state index in [0.717, 1.165) is 11.4 Å². The molecule has 5 heteroatoms. The van der Waals surface area contributed by atoms with E-state index in [4.69, 9.17) is 0 Å². The molecule has 18 heavy (non-hydrogen) atoms. The highest BCUT2D eigenvalue weighted by Crippen LogP contribution is 2.31. The van der Waals surface area contributed by atoms with Crippen molar-refractivity contribution in [1.29, 1.82) is 0 Å². The molecule has 0 radical (unpaired) electrons. The number of nitrogens with one attached hydrogen (secondary N) is 1. The Bertz CT molecular complexity index is 442. The highest BCUT2D eigenvalue weighted by molar-refractivity contribution is 5.64. The van der Waals surface area contributed by atoms with Gasteiger partial charge in [-0.3, -0.25) is 10.1 Å². The fourth-order valence-electron chi connectivity index (χ4n) is 2.55. The number of nitro groups is 1. The third-order valence-corrected chi connectivity index (χ3v) is 3.68. The minimum Gasteiger partial charge on any atom is -0.388 e. The second-order valence-electron chi connectivity index (χ2n) is 4.79.